The molecule has 1 aliphatic carbocycles. The normalized spacial score (nSPS) is 17.0. The van der Waals surface area contributed by atoms with Gasteiger partial charge in [0.25, 0.3) is 0 Å². The maximum Gasteiger partial charge on any atom is 0.166 e. The largest absolute Gasteiger partial charge is 0.493 e. The van der Waals surface area contributed by atoms with Crippen LogP contribution in [0.5, 0.6) is 11.5 Å². The molecule has 2 nitrogen and oxygen atoms in total. The number of halogens is 2. The van der Waals surface area contributed by atoms with Crippen LogP contribution in [-0.2, 0) is 5.88 Å². The second-order valence-corrected chi connectivity index (χ2v) is 5.67. The Kier molecular flexibility index (Phi) is 5.65. The lowest BCUT2D eigenvalue weighted by atomic mass is 10.1. The summed E-state index contributed by atoms with van der Waals surface area (Å²) in [6.45, 7) is 0. The van der Waals surface area contributed by atoms with E-state index >= 15 is 0 Å². The Morgan fingerprint density at radius 3 is 2.42 bits per heavy atom. The molecule has 0 heterocycles. The van der Waals surface area contributed by atoms with Gasteiger partial charge in [0.05, 0.1) is 19.1 Å². The molecule has 0 atom stereocenters. The third-order valence-corrected chi connectivity index (χ3v) is 4.05. The highest BCUT2D eigenvalue weighted by atomic mass is 35.5. The van der Waals surface area contributed by atoms with Crippen LogP contribution < -0.4 is 9.47 Å². The molecule has 0 spiro atoms. The van der Waals surface area contributed by atoms with Crippen molar-refractivity contribution in [2.24, 2.45) is 0 Å². The smallest absolute Gasteiger partial charge is 0.166 e. The van der Waals surface area contributed by atoms with Crippen LogP contribution in [0.25, 0.3) is 0 Å². The lowest BCUT2D eigenvalue weighted by molar-refractivity contribution is 0.175. The molecule has 4 heteroatoms. The number of methoxy groups -OCH3 is 1. The molecule has 0 aliphatic heterocycles. The van der Waals surface area contributed by atoms with Gasteiger partial charge in [-0.3, -0.25) is 0 Å². The summed E-state index contributed by atoms with van der Waals surface area (Å²) in [6, 6.07) is 3.63. The summed E-state index contributed by atoms with van der Waals surface area (Å²) in [5.74, 6) is 1.81. The van der Waals surface area contributed by atoms with E-state index in [9.17, 15) is 0 Å². The lowest BCUT2D eigenvalue weighted by Gasteiger charge is -2.21. The highest BCUT2D eigenvalue weighted by Gasteiger charge is 2.19. The van der Waals surface area contributed by atoms with Crippen molar-refractivity contribution >= 4 is 23.2 Å². The predicted molar refractivity (Wildman–Crippen MR) is 79.7 cm³/mol. The molecule has 1 aromatic carbocycles. The quantitative estimate of drug-likeness (QED) is 0.563. The summed E-state index contributed by atoms with van der Waals surface area (Å²) in [4.78, 5) is 0. The van der Waals surface area contributed by atoms with E-state index in [1.165, 1.54) is 25.7 Å². The van der Waals surface area contributed by atoms with Gasteiger partial charge < -0.3 is 9.47 Å². The van der Waals surface area contributed by atoms with Gasteiger partial charge in [0, 0.05) is 16.7 Å². The summed E-state index contributed by atoms with van der Waals surface area (Å²) in [5.41, 5.74) is 0.898. The Morgan fingerprint density at radius 1 is 1.16 bits per heavy atom. The topological polar surface area (TPSA) is 18.5 Å². The van der Waals surface area contributed by atoms with E-state index in [0.29, 0.717) is 16.7 Å². The Hall–Kier alpha value is -0.600. The van der Waals surface area contributed by atoms with E-state index in [1.54, 1.807) is 13.2 Å². The minimum atomic E-state index is 0.263. The number of hydrogen-bond acceptors (Lipinski definition) is 2. The van der Waals surface area contributed by atoms with Crippen LogP contribution in [-0.4, -0.2) is 13.2 Å². The number of benzene rings is 1. The molecule has 0 aromatic heterocycles. The van der Waals surface area contributed by atoms with E-state index < -0.39 is 0 Å². The zero-order chi connectivity index (χ0) is 13.7. The molecule has 2 rings (SSSR count). The van der Waals surface area contributed by atoms with Gasteiger partial charge in [0.15, 0.2) is 11.5 Å². The van der Waals surface area contributed by atoms with Crippen molar-refractivity contribution in [3.05, 3.63) is 22.7 Å². The van der Waals surface area contributed by atoms with Crippen molar-refractivity contribution < 1.29 is 9.47 Å². The van der Waals surface area contributed by atoms with Gasteiger partial charge >= 0.3 is 0 Å². The maximum absolute atomic E-state index is 6.17. The van der Waals surface area contributed by atoms with Crippen LogP contribution in [0, 0.1) is 0 Å². The third-order valence-electron chi connectivity index (χ3n) is 3.55. The number of rotatable bonds is 4. The van der Waals surface area contributed by atoms with Crippen LogP contribution in [0.2, 0.25) is 5.02 Å². The molecule has 0 radical (unpaired) electrons. The van der Waals surface area contributed by atoms with Crippen LogP contribution >= 0.6 is 23.2 Å². The number of hydrogen-bond donors (Lipinski definition) is 0. The van der Waals surface area contributed by atoms with Crippen LogP contribution in [0.3, 0.4) is 0 Å². The summed E-state index contributed by atoms with van der Waals surface area (Å²) >= 11 is 12.0. The molecule has 0 N–H and O–H groups in total. The molecule has 0 amide bonds. The maximum atomic E-state index is 6.17. The minimum Gasteiger partial charge on any atom is -0.493 e. The van der Waals surface area contributed by atoms with Crippen molar-refractivity contribution in [1.29, 1.82) is 0 Å². The van der Waals surface area contributed by atoms with Crippen LogP contribution in [0.4, 0.5) is 0 Å². The first-order valence-electron chi connectivity index (χ1n) is 6.83. The first-order valence-corrected chi connectivity index (χ1v) is 7.75. The summed E-state index contributed by atoms with van der Waals surface area (Å²) in [5, 5.41) is 0.626. The fraction of sp³-hybridized carbons (Fsp3) is 0.600. The van der Waals surface area contributed by atoms with Gasteiger partial charge in [-0.05, 0) is 31.7 Å². The molecule has 0 unspecified atom stereocenters. The van der Waals surface area contributed by atoms with E-state index in [2.05, 4.69) is 0 Å². The molecule has 1 fully saturated rings. The Bertz CT molecular complexity index is 388. The third kappa shape index (κ3) is 3.93. The van der Waals surface area contributed by atoms with Crippen molar-refractivity contribution in [2.75, 3.05) is 7.11 Å². The highest BCUT2D eigenvalue weighted by molar-refractivity contribution is 6.31. The molecular weight excluding hydrogens is 283 g/mol. The van der Waals surface area contributed by atoms with Gasteiger partial charge in [-0.1, -0.05) is 24.4 Å². The first-order chi connectivity index (χ1) is 9.24. The van der Waals surface area contributed by atoms with E-state index in [4.69, 9.17) is 32.7 Å². The summed E-state index contributed by atoms with van der Waals surface area (Å²) in [7, 11) is 1.63. The second-order valence-electron chi connectivity index (χ2n) is 4.96. The predicted octanol–water partition coefficient (Wildman–Crippen LogP) is 5.19. The minimum absolute atomic E-state index is 0.263. The molecule has 19 heavy (non-hydrogen) atoms. The average Bonchev–Trinajstić information content (AvgIpc) is 2.68. The van der Waals surface area contributed by atoms with Gasteiger partial charge in [-0.25, -0.2) is 0 Å². The average molecular weight is 303 g/mol. The molecule has 0 bridgehead atoms. The zero-order valence-electron chi connectivity index (χ0n) is 11.3. The standard InChI is InChI=1S/C15H20Cl2O2/c1-18-14-9-12(17)8-11(10-16)15(14)19-13-6-4-2-3-5-7-13/h8-9,13H,2-7,10H2,1H3. The fourth-order valence-corrected chi connectivity index (χ4v) is 2.96. The molecule has 1 aromatic rings. The van der Waals surface area contributed by atoms with Gasteiger partial charge in [0.1, 0.15) is 0 Å². The second kappa shape index (κ2) is 7.25. The Balaban J connectivity index is 2.21. The zero-order valence-corrected chi connectivity index (χ0v) is 12.8. The number of alkyl halides is 1. The molecule has 106 valence electrons. The summed E-state index contributed by atoms with van der Waals surface area (Å²) < 4.78 is 11.5. The van der Waals surface area contributed by atoms with Crippen LogP contribution in [0.15, 0.2) is 12.1 Å². The van der Waals surface area contributed by atoms with E-state index in [1.807, 2.05) is 6.07 Å². The van der Waals surface area contributed by atoms with E-state index in [0.717, 1.165) is 24.2 Å². The molecule has 0 saturated heterocycles. The number of ether oxygens (including phenoxy) is 2. The van der Waals surface area contributed by atoms with Crippen LogP contribution in [0.1, 0.15) is 44.1 Å². The fourth-order valence-electron chi connectivity index (χ4n) is 2.53. The molecule has 1 saturated carbocycles. The van der Waals surface area contributed by atoms with Crippen molar-refractivity contribution in [3.8, 4) is 11.5 Å². The lowest BCUT2D eigenvalue weighted by Crippen LogP contribution is -2.16. The first kappa shape index (κ1) is 14.8. The summed E-state index contributed by atoms with van der Waals surface area (Å²) in [6.07, 6.45) is 7.55. The molecule has 1 aliphatic rings. The molecular formula is C15H20Cl2O2. The SMILES string of the molecule is COc1cc(Cl)cc(CCl)c1OC1CCCCCC1. The Labute approximate surface area is 125 Å². The van der Waals surface area contributed by atoms with Gasteiger partial charge in [-0.15, -0.1) is 11.6 Å². The monoisotopic (exact) mass is 302 g/mol. The van der Waals surface area contributed by atoms with Crippen molar-refractivity contribution in [1.82, 2.24) is 0 Å². The van der Waals surface area contributed by atoms with Gasteiger partial charge in [0.2, 0.25) is 0 Å². The van der Waals surface area contributed by atoms with Gasteiger partial charge in [-0.2, -0.15) is 0 Å². The highest BCUT2D eigenvalue weighted by Crippen LogP contribution is 2.37. The van der Waals surface area contributed by atoms with E-state index in [-0.39, 0.29) is 6.10 Å². The van der Waals surface area contributed by atoms with Crippen molar-refractivity contribution in [2.45, 2.75) is 50.5 Å². The van der Waals surface area contributed by atoms with Crippen molar-refractivity contribution in [3.63, 3.8) is 0 Å². The Morgan fingerprint density at radius 2 is 1.84 bits per heavy atom.